The molecule has 0 N–H and O–H groups in total. The molecule has 2 aromatic carbocycles. The number of benzene rings is 2. The van der Waals surface area contributed by atoms with E-state index < -0.39 is 5.97 Å². The van der Waals surface area contributed by atoms with Crippen LogP contribution in [-0.2, 0) is 9.53 Å². The Morgan fingerprint density at radius 1 is 0.844 bits per heavy atom. The highest BCUT2D eigenvalue weighted by molar-refractivity contribution is 6.13. The standard InChI is InChI=1S/C27H33NO4/c1-3-5-7-8-11-19-31-25-13-10-9-12-22(25)20-24-27(29)32-26(28-24)21-14-16-23(17-15-21)30-18-6-4-2/h9-10,12-17,20H,3-8,11,18-19H2,1-2H3/b24-20-. The van der Waals surface area contributed by atoms with E-state index in [1.165, 1.54) is 25.7 Å². The number of hydrogen-bond donors (Lipinski definition) is 0. The second-order valence-corrected chi connectivity index (χ2v) is 7.86. The highest BCUT2D eigenvalue weighted by Crippen LogP contribution is 2.25. The quantitative estimate of drug-likeness (QED) is 0.203. The number of ether oxygens (including phenoxy) is 3. The van der Waals surface area contributed by atoms with E-state index in [-0.39, 0.29) is 5.70 Å². The molecule has 0 bridgehead atoms. The van der Waals surface area contributed by atoms with Gasteiger partial charge in [-0.2, -0.15) is 0 Å². The largest absolute Gasteiger partial charge is 0.494 e. The molecule has 170 valence electrons. The summed E-state index contributed by atoms with van der Waals surface area (Å²) >= 11 is 0. The summed E-state index contributed by atoms with van der Waals surface area (Å²) in [5.41, 5.74) is 1.82. The van der Waals surface area contributed by atoms with E-state index in [1.54, 1.807) is 6.08 Å². The summed E-state index contributed by atoms with van der Waals surface area (Å²) in [5.74, 6) is 1.39. The highest BCUT2D eigenvalue weighted by atomic mass is 16.6. The monoisotopic (exact) mass is 435 g/mol. The number of rotatable bonds is 13. The Bertz CT molecular complexity index is 931. The van der Waals surface area contributed by atoms with Crippen LogP contribution in [0.1, 0.15) is 69.9 Å². The molecule has 5 nitrogen and oxygen atoms in total. The maximum Gasteiger partial charge on any atom is 0.363 e. The van der Waals surface area contributed by atoms with Crippen molar-refractivity contribution in [2.75, 3.05) is 13.2 Å². The Kier molecular flexibility index (Phi) is 9.36. The van der Waals surface area contributed by atoms with Gasteiger partial charge in [-0.3, -0.25) is 0 Å². The van der Waals surface area contributed by atoms with Crippen molar-refractivity contribution in [3.05, 3.63) is 65.4 Å². The van der Waals surface area contributed by atoms with E-state index in [4.69, 9.17) is 14.2 Å². The van der Waals surface area contributed by atoms with Gasteiger partial charge < -0.3 is 14.2 Å². The normalized spacial score (nSPS) is 14.4. The fourth-order valence-corrected chi connectivity index (χ4v) is 3.33. The zero-order valence-corrected chi connectivity index (χ0v) is 19.1. The van der Waals surface area contributed by atoms with Gasteiger partial charge in [-0.25, -0.2) is 9.79 Å². The molecule has 0 saturated heterocycles. The van der Waals surface area contributed by atoms with Crippen molar-refractivity contribution >= 4 is 17.9 Å². The molecule has 0 saturated carbocycles. The van der Waals surface area contributed by atoms with Gasteiger partial charge in [0, 0.05) is 11.1 Å². The molecule has 5 heteroatoms. The van der Waals surface area contributed by atoms with E-state index in [0.29, 0.717) is 19.1 Å². The molecule has 0 radical (unpaired) electrons. The minimum Gasteiger partial charge on any atom is -0.494 e. The van der Waals surface area contributed by atoms with Crippen molar-refractivity contribution in [2.24, 2.45) is 4.99 Å². The predicted octanol–water partition coefficient (Wildman–Crippen LogP) is 6.56. The topological polar surface area (TPSA) is 57.1 Å². The fourth-order valence-electron chi connectivity index (χ4n) is 3.33. The number of para-hydroxylation sites is 1. The molecule has 1 aliphatic heterocycles. The smallest absolute Gasteiger partial charge is 0.363 e. The number of unbranched alkanes of at least 4 members (excludes halogenated alkanes) is 5. The third-order valence-electron chi connectivity index (χ3n) is 5.21. The van der Waals surface area contributed by atoms with Crippen LogP contribution in [0.15, 0.2) is 59.2 Å². The van der Waals surface area contributed by atoms with Crippen molar-refractivity contribution in [3.63, 3.8) is 0 Å². The first-order valence-electron chi connectivity index (χ1n) is 11.7. The van der Waals surface area contributed by atoms with Crippen LogP contribution in [-0.4, -0.2) is 25.1 Å². The average Bonchev–Trinajstić information content (AvgIpc) is 3.18. The van der Waals surface area contributed by atoms with Crippen LogP contribution in [0.3, 0.4) is 0 Å². The number of cyclic esters (lactones) is 1. The molecule has 0 spiro atoms. The third kappa shape index (κ3) is 6.98. The molecule has 32 heavy (non-hydrogen) atoms. The zero-order valence-electron chi connectivity index (χ0n) is 19.1. The number of hydrogen-bond acceptors (Lipinski definition) is 5. The minimum atomic E-state index is -0.461. The molecular formula is C27H33NO4. The van der Waals surface area contributed by atoms with E-state index in [9.17, 15) is 4.79 Å². The Balaban J connectivity index is 1.65. The zero-order chi connectivity index (χ0) is 22.6. The lowest BCUT2D eigenvalue weighted by Crippen LogP contribution is -2.05. The first-order chi connectivity index (χ1) is 15.7. The van der Waals surface area contributed by atoms with Crippen LogP contribution in [0.4, 0.5) is 0 Å². The van der Waals surface area contributed by atoms with E-state index in [1.807, 2.05) is 48.5 Å². The SMILES string of the molecule is CCCCCCCOc1ccccc1/C=C1\N=C(c2ccc(OCCCC)cc2)OC1=O. The molecule has 2 aromatic rings. The maximum absolute atomic E-state index is 12.4. The molecule has 0 aromatic heterocycles. The van der Waals surface area contributed by atoms with Gasteiger partial charge in [0.1, 0.15) is 11.5 Å². The summed E-state index contributed by atoms with van der Waals surface area (Å²) in [7, 11) is 0. The van der Waals surface area contributed by atoms with Gasteiger partial charge >= 0.3 is 5.97 Å². The van der Waals surface area contributed by atoms with Crippen molar-refractivity contribution < 1.29 is 19.0 Å². The lowest BCUT2D eigenvalue weighted by molar-refractivity contribution is -0.129. The van der Waals surface area contributed by atoms with Crippen LogP contribution in [0.5, 0.6) is 11.5 Å². The van der Waals surface area contributed by atoms with Gasteiger partial charge in [0.05, 0.1) is 13.2 Å². The van der Waals surface area contributed by atoms with Gasteiger partial charge in [0.2, 0.25) is 5.90 Å². The first-order valence-corrected chi connectivity index (χ1v) is 11.7. The lowest BCUT2D eigenvalue weighted by Gasteiger charge is -2.09. The first kappa shape index (κ1) is 23.6. The number of esters is 1. The molecule has 0 unspecified atom stereocenters. The average molecular weight is 436 g/mol. The molecule has 0 fully saturated rings. The predicted molar refractivity (Wildman–Crippen MR) is 128 cm³/mol. The van der Waals surface area contributed by atoms with Gasteiger partial charge in [0.15, 0.2) is 5.70 Å². The minimum absolute atomic E-state index is 0.266. The van der Waals surface area contributed by atoms with E-state index in [0.717, 1.165) is 41.9 Å². The second-order valence-electron chi connectivity index (χ2n) is 7.86. The Morgan fingerprint density at radius 3 is 2.34 bits per heavy atom. The summed E-state index contributed by atoms with van der Waals surface area (Å²) in [6.45, 7) is 5.69. The van der Waals surface area contributed by atoms with E-state index in [2.05, 4.69) is 18.8 Å². The fraction of sp³-hybridized carbons (Fsp3) is 0.407. The summed E-state index contributed by atoms with van der Waals surface area (Å²) in [5, 5.41) is 0. The van der Waals surface area contributed by atoms with Crippen LogP contribution in [0, 0.1) is 0 Å². The van der Waals surface area contributed by atoms with Gasteiger partial charge in [-0.15, -0.1) is 0 Å². The highest BCUT2D eigenvalue weighted by Gasteiger charge is 2.24. The van der Waals surface area contributed by atoms with E-state index >= 15 is 0 Å². The molecule has 1 heterocycles. The summed E-state index contributed by atoms with van der Waals surface area (Å²) < 4.78 is 17.1. The molecule has 1 aliphatic rings. The van der Waals surface area contributed by atoms with Crippen LogP contribution in [0.2, 0.25) is 0 Å². The second kappa shape index (κ2) is 12.7. The molecule has 0 aliphatic carbocycles. The van der Waals surface area contributed by atoms with Crippen molar-refractivity contribution in [2.45, 2.75) is 58.8 Å². The number of carbonyl (C=O) groups is 1. The number of nitrogens with zero attached hydrogens (tertiary/aromatic N) is 1. The Morgan fingerprint density at radius 2 is 1.56 bits per heavy atom. The van der Waals surface area contributed by atoms with Gasteiger partial charge in [-0.1, -0.05) is 64.2 Å². The van der Waals surface area contributed by atoms with Crippen molar-refractivity contribution in [1.29, 1.82) is 0 Å². The van der Waals surface area contributed by atoms with Crippen LogP contribution >= 0.6 is 0 Å². The number of aliphatic imine (C=N–C) groups is 1. The third-order valence-corrected chi connectivity index (χ3v) is 5.21. The summed E-state index contributed by atoms with van der Waals surface area (Å²) in [4.78, 5) is 16.8. The summed E-state index contributed by atoms with van der Waals surface area (Å²) in [6, 6.07) is 15.1. The van der Waals surface area contributed by atoms with Gasteiger partial charge in [0.25, 0.3) is 0 Å². The maximum atomic E-state index is 12.4. The Hall–Kier alpha value is -3.08. The van der Waals surface area contributed by atoms with Crippen molar-refractivity contribution in [1.82, 2.24) is 0 Å². The molecule has 0 amide bonds. The number of carbonyl (C=O) groups excluding carboxylic acids is 1. The summed E-state index contributed by atoms with van der Waals surface area (Å²) in [6.07, 6.45) is 9.75. The van der Waals surface area contributed by atoms with Crippen molar-refractivity contribution in [3.8, 4) is 11.5 Å². The molecular weight excluding hydrogens is 402 g/mol. The molecule has 0 atom stereocenters. The lowest BCUT2D eigenvalue weighted by atomic mass is 10.1. The van der Waals surface area contributed by atoms with Crippen LogP contribution < -0.4 is 9.47 Å². The molecule has 3 rings (SSSR count). The van der Waals surface area contributed by atoms with Gasteiger partial charge in [-0.05, 0) is 49.2 Å². The Labute approximate surface area is 191 Å². The van der Waals surface area contributed by atoms with Crippen LogP contribution in [0.25, 0.3) is 6.08 Å².